The van der Waals surface area contributed by atoms with E-state index < -0.39 is 0 Å². The van der Waals surface area contributed by atoms with E-state index in [0.29, 0.717) is 23.9 Å². The smallest absolute Gasteiger partial charge is 0.107 e. The highest BCUT2D eigenvalue weighted by molar-refractivity contribution is 8.00. The second-order valence-electron chi connectivity index (χ2n) is 2.38. The van der Waals surface area contributed by atoms with Gasteiger partial charge in [-0.25, -0.2) is 0 Å². The summed E-state index contributed by atoms with van der Waals surface area (Å²) in [4.78, 5) is 0. The van der Waals surface area contributed by atoms with E-state index in [4.69, 9.17) is 15.9 Å². The molecule has 0 bridgehead atoms. The first kappa shape index (κ1) is 8.92. The van der Waals surface area contributed by atoms with Crippen molar-refractivity contribution < 1.29 is 9.47 Å². The van der Waals surface area contributed by atoms with Gasteiger partial charge in [-0.3, -0.25) is 0 Å². The zero-order valence-electron chi connectivity index (χ0n) is 6.58. The van der Waals surface area contributed by atoms with Gasteiger partial charge in [0.15, 0.2) is 0 Å². The van der Waals surface area contributed by atoms with Crippen LogP contribution < -0.4 is 0 Å². The van der Waals surface area contributed by atoms with E-state index >= 15 is 0 Å². The summed E-state index contributed by atoms with van der Waals surface area (Å²) >= 11 is 1.80. The van der Waals surface area contributed by atoms with Crippen molar-refractivity contribution in [3.63, 3.8) is 0 Å². The molecule has 0 aromatic rings. The zero-order chi connectivity index (χ0) is 8.10. The van der Waals surface area contributed by atoms with Gasteiger partial charge in [0, 0.05) is 0 Å². The van der Waals surface area contributed by atoms with Crippen LogP contribution in [0, 0.1) is 12.3 Å². The molecule has 0 N–H and O–H groups in total. The minimum atomic E-state index is 0.314. The van der Waals surface area contributed by atoms with Gasteiger partial charge in [0.05, 0.1) is 18.5 Å². The molecule has 2 atom stereocenters. The Hall–Kier alpha value is -0.170. The number of hydrogen-bond acceptors (Lipinski definition) is 3. The van der Waals surface area contributed by atoms with Gasteiger partial charge in [-0.05, 0) is 6.92 Å². The van der Waals surface area contributed by atoms with Crippen molar-refractivity contribution in [2.75, 3.05) is 19.8 Å². The Morgan fingerprint density at radius 3 is 3.18 bits per heavy atom. The summed E-state index contributed by atoms with van der Waals surface area (Å²) in [6.07, 6.45) is 5.03. The van der Waals surface area contributed by atoms with Crippen molar-refractivity contribution in [1.82, 2.24) is 0 Å². The van der Waals surface area contributed by atoms with Gasteiger partial charge in [-0.1, -0.05) is 5.92 Å². The Morgan fingerprint density at radius 2 is 2.64 bits per heavy atom. The molecular weight excluding hydrogens is 160 g/mol. The maximum absolute atomic E-state index is 5.33. The molecule has 1 fully saturated rings. The van der Waals surface area contributed by atoms with Crippen LogP contribution in [-0.2, 0) is 9.47 Å². The molecule has 1 aliphatic heterocycles. The first-order valence-corrected chi connectivity index (χ1v) is 4.55. The molecule has 2 unspecified atom stereocenters. The summed E-state index contributed by atoms with van der Waals surface area (Å²) in [5.41, 5.74) is 0.314. The lowest BCUT2D eigenvalue weighted by Crippen LogP contribution is -2.12. The van der Waals surface area contributed by atoms with E-state index in [-0.39, 0.29) is 0 Å². The summed E-state index contributed by atoms with van der Waals surface area (Å²) in [7, 11) is 0. The van der Waals surface area contributed by atoms with Crippen molar-refractivity contribution in [2.24, 2.45) is 0 Å². The topological polar surface area (TPSA) is 18.5 Å². The quantitative estimate of drug-likeness (QED) is 0.469. The average molecular weight is 172 g/mol. The molecule has 62 valence electrons. The molecule has 0 spiro atoms. The minimum absolute atomic E-state index is 0.314. The van der Waals surface area contributed by atoms with Gasteiger partial charge < -0.3 is 9.47 Å². The molecule has 0 saturated carbocycles. The van der Waals surface area contributed by atoms with Crippen LogP contribution in [0.2, 0.25) is 0 Å². The Kier molecular flexibility index (Phi) is 3.78. The second kappa shape index (κ2) is 4.66. The van der Waals surface area contributed by atoms with Gasteiger partial charge in [0.2, 0.25) is 0 Å². The van der Waals surface area contributed by atoms with E-state index in [2.05, 4.69) is 5.92 Å². The summed E-state index contributed by atoms with van der Waals surface area (Å²) in [5, 5.41) is 0.471. The lowest BCUT2D eigenvalue weighted by Gasteiger charge is -2.04. The van der Waals surface area contributed by atoms with E-state index in [1.54, 1.807) is 11.8 Å². The number of thioether (sulfide) groups is 1. The predicted molar refractivity (Wildman–Crippen MR) is 46.4 cm³/mol. The molecule has 0 radical (unpaired) electrons. The Bertz CT molecular complexity index is 153. The first-order chi connectivity index (χ1) is 5.33. The summed E-state index contributed by atoms with van der Waals surface area (Å²) < 4.78 is 10.5. The number of hydrogen-bond donors (Lipinski definition) is 0. The lowest BCUT2D eigenvalue weighted by molar-refractivity contribution is 0.113. The van der Waals surface area contributed by atoms with Gasteiger partial charge in [-0.2, -0.15) is 0 Å². The Labute approximate surface area is 71.6 Å². The fourth-order valence-electron chi connectivity index (χ4n) is 0.929. The fourth-order valence-corrected chi connectivity index (χ4v) is 1.96. The highest BCUT2D eigenvalue weighted by Crippen LogP contribution is 2.26. The number of ether oxygens (including phenoxy) is 2. The third kappa shape index (κ3) is 3.15. The first-order valence-electron chi connectivity index (χ1n) is 3.61. The molecule has 0 aliphatic carbocycles. The van der Waals surface area contributed by atoms with E-state index in [1.165, 1.54) is 0 Å². The van der Waals surface area contributed by atoms with Crippen LogP contribution >= 0.6 is 11.8 Å². The molecule has 2 nitrogen and oxygen atoms in total. The second-order valence-corrected chi connectivity index (χ2v) is 3.98. The third-order valence-corrected chi connectivity index (χ3v) is 2.57. The molecule has 1 heterocycles. The zero-order valence-corrected chi connectivity index (χ0v) is 7.39. The Balaban J connectivity index is 2.05. The predicted octanol–water partition coefficient (Wildman–Crippen LogP) is 1.11. The van der Waals surface area contributed by atoms with Crippen molar-refractivity contribution in [2.45, 2.75) is 17.6 Å². The Morgan fingerprint density at radius 1 is 1.82 bits per heavy atom. The molecule has 1 rings (SSSR count). The van der Waals surface area contributed by atoms with Crippen LogP contribution in [0.3, 0.4) is 0 Å². The van der Waals surface area contributed by atoms with Crippen LogP contribution in [0.15, 0.2) is 0 Å². The maximum Gasteiger partial charge on any atom is 0.107 e. The fraction of sp³-hybridized carbons (Fsp3) is 0.750. The SMILES string of the molecule is C#CCOCC1COC(C)S1. The van der Waals surface area contributed by atoms with Crippen molar-refractivity contribution >= 4 is 11.8 Å². The molecular formula is C8H12O2S. The van der Waals surface area contributed by atoms with Crippen molar-refractivity contribution in [3.05, 3.63) is 0 Å². The van der Waals surface area contributed by atoms with Gasteiger partial charge >= 0.3 is 0 Å². The minimum Gasteiger partial charge on any atom is -0.368 e. The van der Waals surface area contributed by atoms with E-state index in [0.717, 1.165) is 6.61 Å². The molecule has 11 heavy (non-hydrogen) atoms. The van der Waals surface area contributed by atoms with Gasteiger partial charge in [0.1, 0.15) is 12.0 Å². The number of terminal acetylenes is 1. The monoisotopic (exact) mass is 172 g/mol. The summed E-state index contributed by atoms with van der Waals surface area (Å²) in [6, 6.07) is 0. The van der Waals surface area contributed by atoms with Gasteiger partial charge in [-0.15, -0.1) is 18.2 Å². The lowest BCUT2D eigenvalue weighted by atomic mass is 10.5. The maximum atomic E-state index is 5.33. The standard InChI is InChI=1S/C8H12O2S/c1-3-4-9-5-8-6-10-7(2)11-8/h1,7-8H,4-6H2,2H3. The van der Waals surface area contributed by atoms with Crippen LogP contribution in [0.25, 0.3) is 0 Å². The normalized spacial score (nSPS) is 30.2. The average Bonchev–Trinajstić information content (AvgIpc) is 2.37. The van der Waals surface area contributed by atoms with Crippen LogP contribution in [-0.4, -0.2) is 30.5 Å². The van der Waals surface area contributed by atoms with Gasteiger partial charge in [0.25, 0.3) is 0 Å². The highest BCUT2D eigenvalue weighted by Gasteiger charge is 2.22. The van der Waals surface area contributed by atoms with E-state index in [1.807, 2.05) is 6.92 Å². The molecule has 1 saturated heterocycles. The number of rotatable bonds is 3. The molecule has 0 aromatic heterocycles. The van der Waals surface area contributed by atoms with E-state index in [9.17, 15) is 0 Å². The highest BCUT2D eigenvalue weighted by atomic mass is 32.2. The van der Waals surface area contributed by atoms with Crippen LogP contribution in [0.5, 0.6) is 0 Å². The molecule has 0 amide bonds. The molecule has 0 aromatic carbocycles. The summed E-state index contributed by atoms with van der Waals surface area (Å²) in [6.45, 7) is 3.95. The molecule has 3 heteroatoms. The van der Waals surface area contributed by atoms with Crippen LogP contribution in [0.4, 0.5) is 0 Å². The van der Waals surface area contributed by atoms with Crippen molar-refractivity contribution in [3.8, 4) is 12.3 Å². The largest absolute Gasteiger partial charge is 0.368 e. The summed E-state index contributed by atoms with van der Waals surface area (Å²) in [5.74, 6) is 2.43. The van der Waals surface area contributed by atoms with Crippen LogP contribution in [0.1, 0.15) is 6.92 Å². The third-order valence-electron chi connectivity index (χ3n) is 1.39. The molecule has 1 aliphatic rings. The van der Waals surface area contributed by atoms with Crippen molar-refractivity contribution in [1.29, 1.82) is 0 Å².